The van der Waals surface area contributed by atoms with Crippen LogP contribution in [0.5, 0.6) is 5.75 Å². The molecule has 0 saturated heterocycles. The lowest BCUT2D eigenvalue weighted by atomic mass is 9.81. The normalized spacial score (nSPS) is 23.6. The summed E-state index contributed by atoms with van der Waals surface area (Å²) in [5.41, 5.74) is 0.343. The second kappa shape index (κ2) is 8.81. The Hall–Kier alpha value is -3.15. The van der Waals surface area contributed by atoms with Crippen LogP contribution in [0.15, 0.2) is 18.2 Å². The Kier molecular flexibility index (Phi) is 5.94. The van der Waals surface area contributed by atoms with Crippen molar-refractivity contribution in [1.82, 2.24) is 9.97 Å². The van der Waals surface area contributed by atoms with Gasteiger partial charge in [-0.2, -0.15) is 18.2 Å². The number of likely N-dealkylation sites (N-methyl/N-ethyl adjacent to an activating group) is 1. The molecule has 1 saturated carbocycles. The molecule has 12 heteroatoms. The zero-order chi connectivity index (χ0) is 24.9. The predicted molar refractivity (Wildman–Crippen MR) is 119 cm³/mol. The van der Waals surface area contributed by atoms with Crippen molar-refractivity contribution in [3.8, 4) is 5.75 Å². The van der Waals surface area contributed by atoms with Crippen LogP contribution < -0.4 is 19.9 Å². The summed E-state index contributed by atoms with van der Waals surface area (Å²) in [4.78, 5) is 25.3. The summed E-state index contributed by atoms with van der Waals surface area (Å²) in [6, 6.07) is 1.71. The van der Waals surface area contributed by atoms with E-state index in [1.54, 1.807) is 16.8 Å². The van der Waals surface area contributed by atoms with E-state index in [9.17, 15) is 27.5 Å². The molecule has 1 amide bonds. The molecule has 2 aromatic rings. The van der Waals surface area contributed by atoms with Crippen LogP contribution in [0.3, 0.4) is 0 Å². The highest BCUT2D eigenvalue weighted by atomic mass is 19.4. The average Bonchev–Trinajstić information content (AvgIpc) is 2.79. The summed E-state index contributed by atoms with van der Waals surface area (Å²) >= 11 is 0. The van der Waals surface area contributed by atoms with Gasteiger partial charge < -0.3 is 25.0 Å². The van der Waals surface area contributed by atoms with Crippen LogP contribution in [-0.2, 0) is 17.4 Å². The highest BCUT2D eigenvalue weighted by Crippen LogP contribution is 2.41. The number of amides is 1. The average molecular weight is 495 g/mol. The quantitative estimate of drug-likeness (QED) is 0.596. The second-order valence-corrected chi connectivity index (χ2v) is 9.20. The maximum absolute atomic E-state index is 13.3. The molecule has 0 bridgehead atoms. The molecule has 2 aliphatic heterocycles. The Morgan fingerprint density at radius 3 is 2.74 bits per heavy atom. The van der Waals surface area contributed by atoms with E-state index in [0.717, 1.165) is 24.2 Å². The summed E-state index contributed by atoms with van der Waals surface area (Å²) < 4.78 is 58.1. The van der Waals surface area contributed by atoms with E-state index in [4.69, 9.17) is 4.74 Å². The first-order chi connectivity index (χ1) is 16.7. The third-order valence-electron chi connectivity index (χ3n) is 6.82. The van der Waals surface area contributed by atoms with E-state index in [1.807, 2.05) is 0 Å². The van der Waals surface area contributed by atoms with Gasteiger partial charge in [0.15, 0.2) is 5.82 Å². The Morgan fingerprint density at radius 1 is 1.26 bits per heavy atom. The van der Waals surface area contributed by atoms with Gasteiger partial charge in [-0.3, -0.25) is 4.79 Å². The topological polar surface area (TPSA) is 90.8 Å². The molecule has 188 valence electrons. The molecule has 1 fully saturated rings. The van der Waals surface area contributed by atoms with Crippen LogP contribution in [-0.4, -0.2) is 59.9 Å². The largest absolute Gasteiger partial charge is 0.493 e. The molecule has 1 unspecified atom stereocenters. The molecule has 5 rings (SSSR count). The molecule has 1 aromatic heterocycles. The van der Waals surface area contributed by atoms with Crippen molar-refractivity contribution < 1.29 is 32.2 Å². The van der Waals surface area contributed by atoms with Gasteiger partial charge in [-0.05, 0) is 49.8 Å². The number of benzene rings is 1. The van der Waals surface area contributed by atoms with E-state index < -0.39 is 23.6 Å². The standard InChI is InChI=1S/C23H25F4N5O3/c1-31-17(10-33)21(34)32-6-2-3-16-19(32)20(31)30-22(29-16)28-14-7-12(8-14)11-35-18-5-4-13(24)9-15(18)23(25,26)27/h4-5,9,12,14,17,33H,2-3,6-8,10-11H2,1H3,(H,28,29,30). The number of nitrogens with one attached hydrogen (secondary N) is 1. The first-order valence-electron chi connectivity index (χ1n) is 11.5. The molecular formula is C23H25F4N5O3. The van der Waals surface area contributed by atoms with E-state index in [0.29, 0.717) is 49.3 Å². The number of aryl methyl sites for hydroxylation is 1. The van der Waals surface area contributed by atoms with Crippen LogP contribution >= 0.6 is 0 Å². The number of aliphatic hydroxyl groups excluding tert-OH is 1. The molecule has 0 radical (unpaired) electrons. The fourth-order valence-corrected chi connectivity index (χ4v) is 4.91. The van der Waals surface area contributed by atoms with Gasteiger partial charge in [0.1, 0.15) is 28.9 Å². The first-order valence-corrected chi connectivity index (χ1v) is 11.5. The van der Waals surface area contributed by atoms with Crippen molar-refractivity contribution >= 4 is 23.4 Å². The zero-order valence-corrected chi connectivity index (χ0v) is 19.0. The van der Waals surface area contributed by atoms with Crippen LogP contribution in [0.4, 0.5) is 35.0 Å². The van der Waals surface area contributed by atoms with Crippen molar-refractivity contribution in [2.75, 3.05) is 41.9 Å². The lowest BCUT2D eigenvalue weighted by Gasteiger charge is -2.42. The Bertz CT molecular complexity index is 1140. The van der Waals surface area contributed by atoms with Gasteiger partial charge >= 0.3 is 6.18 Å². The van der Waals surface area contributed by atoms with E-state index in [-0.39, 0.29) is 36.8 Å². The van der Waals surface area contributed by atoms with Gasteiger partial charge in [-0.15, -0.1) is 0 Å². The predicted octanol–water partition coefficient (Wildman–Crippen LogP) is 2.99. The van der Waals surface area contributed by atoms with Crippen LogP contribution in [0.25, 0.3) is 0 Å². The van der Waals surface area contributed by atoms with Crippen molar-refractivity contribution in [2.45, 2.75) is 43.9 Å². The Morgan fingerprint density at radius 2 is 2.03 bits per heavy atom. The molecular weight excluding hydrogens is 470 g/mol. The molecule has 3 heterocycles. The fourth-order valence-electron chi connectivity index (χ4n) is 4.91. The SMILES string of the molecule is CN1c2nc(NC3CC(COc4ccc(F)cc4C(F)(F)F)C3)nc3c2N(CCC3)C(=O)C1CO. The number of hydrogen-bond acceptors (Lipinski definition) is 7. The van der Waals surface area contributed by atoms with Crippen molar-refractivity contribution in [3.63, 3.8) is 0 Å². The van der Waals surface area contributed by atoms with Crippen molar-refractivity contribution in [1.29, 1.82) is 0 Å². The summed E-state index contributed by atoms with van der Waals surface area (Å²) in [6.07, 6.45) is -1.92. The number of halogens is 4. The first kappa shape index (κ1) is 23.6. The Balaban J connectivity index is 1.23. The number of rotatable bonds is 6. The summed E-state index contributed by atoms with van der Waals surface area (Å²) in [6.45, 7) is 0.330. The van der Waals surface area contributed by atoms with Gasteiger partial charge in [0, 0.05) is 19.6 Å². The third kappa shape index (κ3) is 4.35. The molecule has 0 spiro atoms. The number of carbonyl (C=O) groups is 1. The van der Waals surface area contributed by atoms with Crippen LogP contribution in [0.2, 0.25) is 0 Å². The van der Waals surface area contributed by atoms with E-state index in [1.165, 1.54) is 0 Å². The summed E-state index contributed by atoms with van der Waals surface area (Å²) in [5, 5.41) is 13.0. The summed E-state index contributed by atoms with van der Waals surface area (Å²) in [7, 11) is 1.72. The lowest BCUT2D eigenvalue weighted by molar-refractivity contribution is -0.139. The summed E-state index contributed by atoms with van der Waals surface area (Å²) in [5.74, 6) is -0.474. The number of carbonyl (C=O) groups excluding carboxylic acids is 1. The number of alkyl halides is 3. The van der Waals surface area contributed by atoms with Crippen LogP contribution in [0, 0.1) is 11.7 Å². The highest BCUT2D eigenvalue weighted by Gasteiger charge is 2.41. The van der Waals surface area contributed by atoms with Gasteiger partial charge in [0.25, 0.3) is 5.91 Å². The molecule has 3 aliphatic rings. The van der Waals surface area contributed by atoms with Gasteiger partial charge in [0.05, 0.1) is 18.9 Å². The number of nitrogens with zero attached hydrogens (tertiary/aromatic N) is 4. The molecule has 1 aliphatic carbocycles. The van der Waals surface area contributed by atoms with Crippen LogP contribution in [0.1, 0.15) is 30.5 Å². The van der Waals surface area contributed by atoms with E-state index >= 15 is 0 Å². The maximum Gasteiger partial charge on any atom is 0.420 e. The molecule has 2 N–H and O–H groups in total. The minimum absolute atomic E-state index is 0.0213. The highest BCUT2D eigenvalue weighted by molar-refractivity contribution is 6.05. The smallest absolute Gasteiger partial charge is 0.420 e. The Labute approximate surface area is 198 Å². The minimum Gasteiger partial charge on any atom is -0.493 e. The molecule has 1 aromatic carbocycles. The number of anilines is 3. The van der Waals surface area contributed by atoms with Crippen molar-refractivity contribution in [2.24, 2.45) is 5.92 Å². The van der Waals surface area contributed by atoms with E-state index in [2.05, 4.69) is 15.3 Å². The number of aliphatic hydroxyl groups is 1. The number of aromatic nitrogens is 2. The van der Waals surface area contributed by atoms with Gasteiger partial charge in [-0.1, -0.05) is 0 Å². The zero-order valence-electron chi connectivity index (χ0n) is 19.0. The fraction of sp³-hybridized carbons (Fsp3) is 0.522. The number of hydrogen-bond donors (Lipinski definition) is 2. The maximum atomic E-state index is 13.3. The lowest BCUT2D eigenvalue weighted by Crippen LogP contribution is -2.55. The van der Waals surface area contributed by atoms with Gasteiger partial charge in [0.2, 0.25) is 5.95 Å². The monoisotopic (exact) mass is 495 g/mol. The second-order valence-electron chi connectivity index (χ2n) is 9.20. The van der Waals surface area contributed by atoms with Crippen molar-refractivity contribution in [3.05, 3.63) is 35.3 Å². The van der Waals surface area contributed by atoms with Gasteiger partial charge in [-0.25, -0.2) is 9.37 Å². The minimum atomic E-state index is -4.70. The molecule has 35 heavy (non-hydrogen) atoms. The molecule has 1 atom stereocenters. The molecule has 8 nitrogen and oxygen atoms in total. The third-order valence-corrected chi connectivity index (χ3v) is 6.82. The number of ether oxygens (including phenoxy) is 1.